The van der Waals surface area contributed by atoms with Gasteiger partial charge in [-0.3, -0.25) is 4.79 Å². The minimum Gasteiger partial charge on any atom is -0.394 e. The average molecular weight is 323 g/mol. The minimum absolute atomic E-state index is 0.0122. The van der Waals surface area contributed by atoms with E-state index in [1.165, 1.54) is 0 Å². The van der Waals surface area contributed by atoms with Crippen LogP contribution in [0.3, 0.4) is 0 Å². The standard InChI is InChI=1S/C9H18O5.C4H9NO.C2H6/c1-5(2)13-8-3-6(11)9(12)7(4-10)14-8;1-3-4(6)5-2;1-2/h5-12H,3-4H2,1-2H3;3H2,1-2H3,(H,5,6);1-2H3. The quantitative estimate of drug-likeness (QED) is 0.597. The van der Waals surface area contributed by atoms with Crippen LogP contribution in [0.4, 0.5) is 0 Å². The Balaban J connectivity index is 0. The summed E-state index contributed by atoms with van der Waals surface area (Å²) in [5.41, 5.74) is 0. The first-order valence-electron chi connectivity index (χ1n) is 7.84. The fraction of sp³-hybridized carbons (Fsp3) is 0.933. The summed E-state index contributed by atoms with van der Waals surface area (Å²) in [6.45, 7) is 9.21. The fourth-order valence-corrected chi connectivity index (χ4v) is 1.63. The summed E-state index contributed by atoms with van der Waals surface area (Å²) in [5, 5.41) is 30.2. The highest BCUT2D eigenvalue weighted by molar-refractivity contribution is 5.74. The molecule has 0 bridgehead atoms. The molecule has 22 heavy (non-hydrogen) atoms. The van der Waals surface area contributed by atoms with Crippen LogP contribution in [0.25, 0.3) is 0 Å². The molecular weight excluding hydrogens is 290 g/mol. The van der Waals surface area contributed by atoms with Gasteiger partial charge in [0.2, 0.25) is 5.91 Å². The number of hydrogen-bond donors (Lipinski definition) is 4. The van der Waals surface area contributed by atoms with E-state index in [9.17, 15) is 15.0 Å². The zero-order chi connectivity index (χ0) is 17.7. The first-order valence-corrected chi connectivity index (χ1v) is 7.84. The summed E-state index contributed by atoms with van der Waals surface area (Å²) in [5.74, 6) is 0.0926. The largest absolute Gasteiger partial charge is 0.394 e. The van der Waals surface area contributed by atoms with Gasteiger partial charge in [-0.05, 0) is 13.8 Å². The number of hydrogen-bond acceptors (Lipinski definition) is 6. The molecule has 1 rings (SSSR count). The van der Waals surface area contributed by atoms with Crippen molar-refractivity contribution in [3.8, 4) is 0 Å². The van der Waals surface area contributed by atoms with Gasteiger partial charge in [-0.2, -0.15) is 0 Å². The number of ether oxygens (including phenoxy) is 2. The minimum atomic E-state index is -1.04. The molecule has 1 aliphatic heterocycles. The van der Waals surface area contributed by atoms with E-state index in [-0.39, 0.29) is 25.0 Å². The van der Waals surface area contributed by atoms with Crippen LogP contribution in [-0.4, -0.2) is 65.6 Å². The molecule has 4 atom stereocenters. The van der Waals surface area contributed by atoms with Gasteiger partial charge in [-0.25, -0.2) is 0 Å². The van der Waals surface area contributed by atoms with Crippen LogP contribution in [0.2, 0.25) is 0 Å². The number of rotatable bonds is 4. The second-order valence-corrected chi connectivity index (χ2v) is 4.79. The normalized spacial score (nSPS) is 27.2. The van der Waals surface area contributed by atoms with Crippen molar-refractivity contribution >= 4 is 5.91 Å². The highest BCUT2D eigenvalue weighted by atomic mass is 16.7. The lowest BCUT2D eigenvalue weighted by Gasteiger charge is -2.36. The summed E-state index contributed by atoms with van der Waals surface area (Å²) in [6, 6.07) is 0. The molecule has 4 N–H and O–H groups in total. The molecule has 0 radical (unpaired) electrons. The fourth-order valence-electron chi connectivity index (χ4n) is 1.63. The number of nitrogens with one attached hydrogen (secondary N) is 1. The molecule has 0 aromatic carbocycles. The van der Waals surface area contributed by atoms with Gasteiger partial charge in [0.05, 0.1) is 18.8 Å². The van der Waals surface area contributed by atoms with Gasteiger partial charge in [-0.1, -0.05) is 20.8 Å². The average Bonchev–Trinajstić information content (AvgIpc) is 2.51. The summed E-state index contributed by atoms with van der Waals surface area (Å²) >= 11 is 0. The van der Waals surface area contributed by atoms with E-state index in [1.807, 2.05) is 34.6 Å². The van der Waals surface area contributed by atoms with Gasteiger partial charge >= 0.3 is 0 Å². The second kappa shape index (κ2) is 13.9. The third-order valence-electron chi connectivity index (χ3n) is 2.74. The van der Waals surface area contributed by atoms with Crippen LogP contribution in [-0.2, 0) is 14.3 Å². The molecule has 0 saturated carbocycles. The van der Waals surface area contributed by atoms with Gasteiger partial charge in [-0.15, -0.1) is 0 Å². The van der Waals surface area contributed by atoms with E-state index >= 15 is 0 Å². The van der Waals surface area contributed by atoms with E-state index < -0.39 is 24.6 Å². The van der Waals surface area contributed by atoms with Crippen molar-refractivity contribution in [2.75, 3.05) is 13.7 Å². The molecular formula is C15H33NO6. The molecule has 1 aliphatic rings. The third kappa shape index (κ3) is 10.1. The molecule has 1 fully saturated rings. The summed E-state index contributed by atoms with van der Waals surface area (Å²) in [6.07, 6.45) is -2.45. The molecule has 1 amide bonds. The Kier molecular flexibility index (Phi) is 14.9. The zero-order valence-corrected chi connectivity index (χ0v) is 14.6. The van der Waals surface area contributed by atoms with Crippen LogP contribution in [0.15, 0.2) is 0 Å². The van der Waals surface area contributed by atoms with Crippen molar-refractivity contribution in [2.45, 2.75) is 78.2 Å². The van der Waals surface area contributed by atoms with Gasteiger partial charge in [0, 0.05) is 19.9 Å². The molecule has 0 aliphatic carbocycles. The van der Waals surface area contributed by atoms with Crippen LogP contribution >= 0.6 is 0 Å². The number of carbonyl (C=O) groups excluding carboxylic acids is 1. The Morgan fingerprint density at radius 2 is 1.91 bits per heavy atom. The number of aliphatic hydroxyl groups excluding tert-OH is 3. The van der Waals surface area contributed by atoms with Crippen LogP contribution < -0.4 is 5.32 Å². The van der Waals surface area contributed by atoms with E-state index in [2.05, 4.69) is 5.32 Å². The molecule has 0 spiro atoms. The molecule has 134 valence electrons. The van der Waals surface area contributed by atoms with Crippen molar-refractivity contribution in [2.24, 2.45) is 0 Å². The maximum atomic E-state index is 10.1. The van der Waals surface area contributed by atoms with E-state index in [0.29, 0.717) is 6.42 Å². The summed E-state index contributed by atoms with van der Waals surface area (Å²) in [4.78, 5) is 10.1. The molecule has 1 saturated heterocycles. The maximum absolute atomic E-state index is 10.1. The molecule has 7 heteroatoms. The van der Waals surface area contributed by atoms with Gasteiger partial charge in [0.15, 0.2) is 6.29 Å². The van der Waals surface area contributed by atoms with Crippen molar-refractivity contribution in [1.82, 2.24) is 5.32 Å². The van der Waals surface area contributed by atoms with Crippen LogP contribution in [0.5, 0.6) is 0 Å². The molecule has 4 unspecified atom stereocenters. The summed E-state index contributed by atoms with van der Waals surface area (Å²) in [7, 11) is 1.63. The van der Waals surface area contributed by atoms with Crippen LogP contribution in [0.1, 0.15) is 47.5 Å². The predicted molar refractivity (Wildman–Crippen MR) is 84.3 cm³/mol. The monoisotopic (exact) mass is 323 g/mol. The Labute approximate surface area is 133 Å². The Bertz CT molecular complexity index is 269. The SMILES string of the molecule is CC.CC(C)OC1CC(O)C(O)C(CO)O1.CCC(=O)NC. The van der Waals surface area contributed by atoms with Gasteiger partial charge < -0.3 is 30.1 Å². The number of aliphatic hydroxyl groups is 3. The summed E-state index contributed by atoms with van der Waals surface area (Å²) < 4.78 is 10.6. The van der Waals surface area contributed by atoms with Gasteiger partial charge in [0.25, 0.3) is 0 Å². The first kappa shape index (κ1) is 23.5. The Hall–Kier alpha value is -0.730. The lowest BCUT2D eigenvalue weighted by Crippen LogP contribution is -2.50. The second-order valence-electron chi connectivity index (χ2n) is 4.79. The topological polar surface area (TPSA) is 108 Å². The van der Waals surface area contributed by atoms with E-state index in [1.54, 1.807) is 7.05 Å². The van der Waals surface area contributed by atoms with E-state index in [4.69, 9.17) is 14.6 Å². The van der Waals surface area contributed by atoms with Crippen molar-refractivity contribution < 1.29 is 29.6 Å². The Morgan fingerprint density at radius 3 is 2.23 bits per heavy atom. The highest BCUT2D eigenvalue weighted by Gasteiger charge is 2.36. The van der Waals surface area contributed by atoms with Crippen molar-refractivity contribution in [3.63, 3.8) is 0 Å². The highest BCUT2D eigenvalue weighted by Crippen LogP contribution is 2.21. The van der Waals surface area contributed by atoms with E-state index in [0.717, 1.165) is 0 Å². The van der Waals surface area contributed by atoms with Gasteiger partial charge in [0.1, 0.15) is 12.2 Å². The molecule has 0 aromatic heterocycles. The zero-order valence-electron chi connectivity index (χ0n) is 14.6. The lowest BCUT2D eigenvalue weighted by molar-refractivity contribution is -0.265. The van der Waals surface area contributed by atoms with Crippen molar-refractivity contribution in [1.29, 1.82) is 0 Å². The number of amides is 1. The molecule has 0 aromatic rings. The molecule has 7 nitrogen and oxygen atoms in total. The van der Waals surface area contributed by atoms with Crippen molar-refractivity contribution in [3.05, 3.63) is 0 Å². The maximum Gasteiger partial charge on any atom is 0.219 e. The Morgan fingerprint density at radius 1 is 1.36 bits per heavy atom. The predicted octanol–water partition coefficient (Wildman–Crippen LogP) is 0.409. The third-order valence-corrected chi connectivity index (χ3v) is 2.74. The smallest absolute Gasteiger partial charge is 0.219 e. The lowest BCUT2D eigenvalue weighted by atomic mass is 10.0. The van der Waals surface area contributed by atoms with Crippen LogP contribution in [0, 0.1) is 0 Å². The number of carbonyl (C=O) groups is 1. The molecule has 1 heterocycles. The first-order chi connectivity index (χ1) is 10.3.